The average molecular weight is 202 g/mol. The minimum atomic E-state index is 0.452. The number of hydrogen-bond donors (Lipinski definition) is 1. The molecule has 84 valence electrons. The van der Waals surface area contributed by atoms with Gasteiger partial charge in [-0.2, -0.15) is 0 Å². The molecule has 0 aliphatic rings. The highest BCUT2D eigenvalue weighted by Crippen LogP contribution is 1.91. The lowest BCUT2D eigenvalue weighted by Crippen LogP contribution is -2.34. The summed E-state index contributed by atoms with van der Waals surface area (Å²) in [5, 5.41) is 3.05. The molecule has 0 saturated heterocycles. The van der Waals surface area contributed by atoms with Gasteiger partial charge in [0.05, 0.1) is 13.3 Å². The van der Waals surface area contributed by atoms with Gasteiger partial charge >= 0.3 is 0 Å². The molecule has 4 heteroatoms. The molecule has 0 aliphatic carbocycles. The molecule has 1 N–H and O–H groups in total. The molecule has 4 nitrogen and oxygen atoms in total. The van der Waals surface area contributed by atoms with Crippen LogP contribution in [0.4, 0.5) is 0 Å². The summed E-state index contributed by atoms with van der Waals surface area (Å²) in [5.74, 6) is 0. The van der Waals surface area contributed by atoms with E-state index in [9.17, 15) is 4.79 Å². The fourth-order valence-corrected chi connectivity index (χ4v) is 1.02. The third-order valence-electron chi connectivity index (χ3n) is 1.93. The number of unbranched alkanes of at least 4 members (excludes halogenated alkanes) is 1. The Morgan fingerprint density at radius 2 is 2.29 bits per heavy atom. The van der Waals surface area contributed by atoms with Gasteiger partial charge in [0, 0.05) is 19.7 Å². The molecule has 0 aliphatic heterocycles. The van der Waals surface area contributed by atoms with E-state index in [1.54, 1.807) is 0 Å². The molecule has 0 atom stereocenters. The van der Waals surface area contributed by atoms with Gasteiger partial charge in [-0.25, -0.2) is 0 Å². The fraction of sp³-hybridized carbons (Fsp3) is 0.900. The van der Waals surface area contributed by atoms with Crippen molar-refractivity contribution in [1.82, 2.24) is 10.2 Å². The van der Waals surface area contributed by atoms with Gasteiger partial charge in [-0.1, -0.05) is 13.3 Å². The Bertz CT molecular complexity index is 131. The predicted octanol–water partition coefficient (Wildman–Crippen LogP) is 0.481. The molecule has 0 amide bonds. The van der Waals surface area contributed by atoms with Crippen LogP contribution in [0.5, 0.6) is 0 Å². The standard InChI is InChI=1S/C10H22N2O2/c1-3-4-9-14-10-12(7-8-13)6-5-11-2/h8,11H,3-7,9-10H2,1-2H3. The van der Waals surface area contributed by atoms with Gasteiger partial charge in [0.1, 0.15) is 6.29 Å². The highest BCUT2D eigenvalue weighted by Gasteiger charge is 2.02. The van der Waals surface area contributed by atoms with Crippen molar-refractivity contribution in [1.29, 1.82) is 0 Å². The number of carbonyl (C=O) groups is 1. The summed E-state index contributed by atoms with van der Waals surface area (Å²) in [5.41, 5.74) is 0. The van der Waals surface area contributed by atoms with Crippen LogP contribution in [0.3, 0.4) is 0 Å². The van der Waals surface area contributed by atoms with Crippen molar-refractivity contribution in [3.63, 3.8) is 0 Å². The van der Waals surface area contributed by atoms with Crippen LogP contribution in [-0.4, -0.2) is 51.2 Å². The highest BCUT2D eigenvalue weighted by atomic mass is 16.5. The van der Waals surface area contributed by atoms with Crippen LogP contribution in [0.1, 0.15) is 19.8 Å². The average Bonchev–Trinajstić information content (AvgIpc) is 2.20. The molecule has 0 aromatic rings. The van der Waals surface area contributed by atoms with E-state index >= 15 is 0 Å². The zero-order valence-electron chi connectivity index (χ0n) is 9.29. The zero-order chi connectivity index (χ0) is 10.6. The number of likely N-dealkylation sites (N-methyl/N-ethyl adjacent to an activating group) is 1. The monoisotopic (exact) mass is 202 g/mol. The molecule has 0 unspecified atom stereocenters. The van der Waals surface area contributed by atoms with Gasteiger partial charge in [-0.05, 0) is 13.5 Å². The van der Waals surface area contributed by atoms with E-state index in [0.29, 0.717) is 13.3 Å². The molecule has 0 spiro atoms. The summed E-state index contributed by atoms with van der Waals surface area (Å²) in [7, 11) is 1.90. The number of aldehydes is 1. The molecule has 0 aromatic heterocycles. The van der Waals surface area contributed by atoms with Gasteiger partial charge in [-0.15, -0.1) is 0 Å². The lowest BCUT2D eigenvalue weighted by molar-refractivity contribution is -0.110. The Morgan fingerprint density at radius 3 is 2.86 bits per heavy atom. The maximum atomic E-state index is 10.3. The van der Waals surface area contributed by atoms with Crippen LogP contribution in [0.15, 0.2) is 0 Å². The predicted molar refractivity (Wildman–Crippen MR) is 57.3 cm³/mol. The number of carbonyl (C=O) groups excluding carboxylic acids is 1. The minimum Gasteiger partial charge on any atom is -0.366 e. The van der Waals surface area contributed by atoms with E-state index in [-0.39, 0.29) is 0 Å². The SMILES string of the molecule is CCCCOCN(CC=O)CCNC. The first-order chi connectivity index (χ1) is 6.85. The number of hydrogen-bond acceptors (Lipinski definition) is 4. The van der Waals surface area contributed by atoms with Crippen LogP contribution < -0.4 is 5.32 Å². The zero-order valence-corrected chi connectivity index (χ0v) is 9.29. The van der Waals surface area contributed by atoms with E-state index in [1.165, 1.54) is 0 Å². The molecule has 0 bridgehead atoms. The van der Waals surface area contributed by atoms with Crippen molar-refractivity contribution in [2.75, 3.05) is 40.0 Å². The summed E-state index contributed by atoms with van der Waals surface area (Å²) in [6.07, 6.45) is 3.14. The first kappa shape index (κ1) is 13.5. The normalized spacial score (nSPS) is 10.8. The molecule has 0 rings (SSSR count). The summed E-state index contributed by atoms with van der Waals surface area (Å²) >= 11 is 0. The van der Waals surface area contributed by atoms with Crippen LogP contribution in [0.2, 0.25) is 0 Å². The second-order valence-electron chi connectivity index (χ2n) is 3.24. The Labute approximate surface area is 86.6 Å². The smallest absolute Gasteiger partial charge is 0.134 e. The van der Waals surface area contributed by atoms with Crippen LogP contribution in [0.25, 0.3) is 0 Å². The van der Waals surface area contributed by atoms with Gasteiger partial charge < -0.3 is 14.8 Å². The van der Waals surface area contributed by atoms with E-state index < -0.39 is 0 Å². The van der Waals surface area contributed by atoms with Crippen molar-refractivity contribution in [3.05, 3.63) is 0 Å². The number of nitrogens with one attached hydrogen (secondary N) is 1. The van der Waals surface area contributed by atoms with E-state index in [0.717, 1.165) is 38.8 Å². The lowest BCUT2D eigenvalue weighted by atomic mass is 10.4. The van der Waals surface area contributed by atoms with E-state index in [4.69, 9.17) is 4.74 Å². The van der Waals surface area contributed by atoms with Crippen LogP contribution >= 0.6 is 0 Å². The first-order valence-electron chi connectivity index (χ1n) is 5.23. The quantitative estimate of drug-likeness (QED) is 0.318. The van der Waals surface area contributed by atoms with Crippen molar-refractivity contribution >= 4 is 6.29 Å². The third kappa shape index (κ3) is 8.16. The van der Waals surface area contributed by atoms with Gasteiger partial charge in [0.2, 0.25) is 0 Å². The Hall–Kier alpha value is -0.450. The Morgan fingerprint density at radius 1 is 1.50 bits per heavy atom. The van der Waals surface area contributed by atoms with Crippen molar-refractivity contribution in [2.24, 2.45) is 0 Å². The molecule has 0 heterocycles. The molecule has 14 heavy (non-hydrogen) atoms. The number of ether oxygens (including phenoxy) is 1. The maximum absolute atomic E-state index is 10.3. The van der Waals surface area contributed by atoms with Crippen molar-refractivity contribution in [2.45, 2.75) is 19.8 Å². The van der Waals surface area contributed by atoms with Crippen molar-refractivity contribution < 1.29 is 9.53 Å². The minimum absolute atomic E-state index is 0.452. The van der Waals surface area contributed by atoms with Crippen molar-refractivity contribution in [3.8, 4) is 0 Å². The summed E-state index contributed by atoms with van der Waals surface area (Å²) in [6.45, 7) is 5.65. The van der Waals surface area contributed by atoms with Gasteiger partial charge in [0.15, 0.2) is 0 Å². The topological polar surface area (TPSA) is 41.6 Å². The second kappa shape index (κ2) is 10.6. The Balaban J connectivity index is 3.45. The number of rotatable bonds is 10. The third-order valence-corrected chi connectivity index (χ3v) is 1.93. The first-order valence-corrected chi connectivity index (χ1v) is 5.23. The molecule has 0 saturated carbocycles. The molecule has 0 aromatic carbocycles. The maximum Gasteiger partial charge on any atom is 0.134 e. The largest absolute Gasteiger partial charge is 0.366 e. The second-order valence-corrected chi connectivity index (χ2v) is 3.24. The van der Waals surface area contributed by atoms with Crippen LogP contribution in [0, 0.1) is 0 Å². The van der Waals surface area contributed by atoms with E-state index in [1.807, 2.05) is 11.9 Å². The van der Waals surface area contributed by atoms with E-state index in [2.05, 4.69) is 12.2 Å². The molecular weight excluding hydrogens is 180 g/mol. The highest BCUT2D eigenvalue weighted by molar-refractivity contribution is 5.51. The summed E-state index contributed by atoms with van der Waals surface area (Å²) in [4.78, 5) is 12.3. The van der Waals surface area contributed by atoms with Gasteiger partial charge in [-0.3, -0.25) is 4.90 Å². The summed E-state index contributed by atoms with van der Waals surface area (Å²) < 4.78 is 5.43. The molecule has 0 fully saturated rings. The lowest BCUT2D eigenvalue weighted by Gasteiger charge is -2.19. The molecule has 0 radical (unpaired) electrons. The fourth-order valence-electron chi connectivity index (χ4n) is 1.02. The van der Waals surface area contributed by atoms with Gasteiger partial charge in [0.25, 0.3) is 0 Å². The number of nitrogens with zero attached hydrogens (tertiary/aromatic N) is 1. The summed E-state index contributed by atoms with van der Waals surface area (Å²) in [6, 6.07) is 0. The Kier molecular flexibility index (Phi) is 10.3. The van der Waals surface area contributed by atoms with Crippen LogP contribution in [-0.2, 0) is 9.53 Å². The molecular formula is C10H22N2O2.